The van der Waals surface area contributed by atoms with Crippen LogP contribution < -0.4 is 5.32 Å². The Bertz CT molecular complexity index is 619. The predicted molar refractivity (Wildman–Crippen MR) is 72.8 cm³/mol. The van der Waals surface area contributed by atoms with Gasteiger partial charge in [-0.25, -0.2) is 13.2 Å². The van der Waals surface area contributed by atoms with E-state index in [-0.39, 0.29) is 21.6 Å². The number of halogens is 5. The summed E-state index contributed by atoms with van der Waals surface area (Å²) in [6.07, 6.45) is 0. The Morgan fingerprint density at radius 3 is 2.53 bits per heavy atom. The lowest BCUT2D eigenvalue weighted by atomic mass is 10.2. The summed E-state index contributed by atoms with van der Waals surface area (Å²) >= 11 is 8.79. The molecule has 0 heterocycles. The average molecular weight is 351 g/mol. The third-order valence-corrected chi connectivity index (χ3v) is 3.45. The van der Waals surface area contributed by atoms with E-state index in [1.54, 1.807) is 0 Å². The molecule has 0 aliphatic heterocycles. The van der Waals surface area contributed by atoms with E-state index >= 15 is 0 Å². The Morgan fingerprint density at radius 2 is 1.84 bits per heavy atom. The van der Waals surface area contributed by atoms with Gasteiger partial charge in [0, 0.05) is 12.1 Å². The van der Waals surface area contributed by atoms with Gasteiger partial charge in [-0.3, -0.25) is 0 Å². The van der Waals surface area contributed by atoms with E-state index in [4.69, 9.17) is 11.6 Å². The highest BCUT2D eigenvalue weighted by Crippen LogP contribution is 2.25. The lowest BCUT2D eigenvalue weighted by Gasteiger charge is -2.10. The molecule has 0 aliphatic carbocycles. The van der Waals surface area contributed by atoms with Crippen LogP contribution in [-0.4, -0.2) is 0 Å². The molecular weight excluding hydrogens is 343 g/mol. The number of benzene rings is 2. The van der Waals surface area contributed by atoms with E-state index in [0.717, 1.165) is 12.1 Å². The molecule has 0 fully saturated rings. The largest absolute Gasteiger partial charge is 0.380 e. The molecule has 0 radical (unpaired) electrons. The van der Waals surface area contributed by atoms with Crippen molar-refractivity contribution in [2.45, 2.75) is 6.54 Å². The van der Waals surface area contributed by atoms with Crippen molar-refractivity contribution in [1.82, 2.24) is 0 Å². The fraction of sp³-hybridized carbons (Fsp3) is 0.0769. The Kier molecular flexibility index (Phi) is 4.37. The van der Waals surface area contributed by atoms with Gasteiger partial charge in [0.2, 0.25) is 0 Å². The zero-order chi connectivity index (χ0) is 14.0. The van der Waals surface area contributed by atoms with Crippen LogP contribution in [0, 0.1) is 17.5 Å². The summed E-state index contributed by atoms with van der Waals surface area (Å²) in [6.45, 7) is -0.0948. The molecule has 1 N–H and O–H groups in total. The molecule has 6 heteroatoms. The van der Waals surface area contributed by atoms with E-state index in [1.165, 1.54) is 18.2 Å². The first-order valence-electron chi connectivity index (χ1n) is 5.30. The molecule has 2 aromatic carbocycles. The highest BCUT2D eigenvalue weighted by molar-refractivity contribution is 9.10. The molecule has 0 atom stereocenters. The molecule has 0 aliphatic rings. The summed E-state index contributed by atoms with van der Waals surface area (Å²) in [6, 6.07) is 6.19. The predicted octanol–water partition coefficient (Wildman–Crippen LogP) is 5.13. The van der Waals surface area contributed by atoms with Gasteiger partial charge in [-0.1, -0.05) is 11.6 Å². The molecule has 19 heavy (non-hydrogen) atoms. The van der Waals surface area contributed by atoms with E-state index in [9.17, 15) is 13.2 Å². The Labute approximate surface area is 121 Å². The van der Waals surface area contributed by atoms with Crippen molar-refractivity contribution in [3.05, 3.63) is 62.8 Å². The van der Waals surface area contributed by atoms with Crippen molar-refractivity contribution >= 4 is 33.2 Å². The van der Waals surface area contributed by atoms with Crippen LogP contribution in [-0.2, 0) is 6.54 Å². The van der Waals surface area contributed by atoms with Gasteiger partial charge in [0.1, 0.15) is 17.5 Å². The van der Waals surface area contributed by atoms with Crippen LogP contribution >= 0.6 is 27.5 Å². The van der Waals surface area contributed by atoms with Crippen LogP contribution in [0.4, 0.5) is 18.9 Å². The van der Waals surface area contributed by atoms with E-state index in [0.29, 0.717) is 5.69 Å². The van der Waals surface area contributed by atoms with E-state index < -0.39 is 17.5 Å². The van der Waals surface area contributed by atoms with Gasteiger partial charge in [-0.15, -0.1) is 0 Å². The normalized spacial score (nSPS) is 10.6. The molecule has 0 aromatic heterocycles. The molecule has 0 spiro atoms. The highest BCUT2D eigenvalue weighted by Gasteiger charge is 2.12. The first-order valence-corrected chi connectivity index (χ1v) is 6.47. The highest BCUT2D eigenvalue weighted by atomic mass is 79.9. The summed E-state index contributed by atoms with van der Waals surface area (Å²) in [5.74, 6) is -1.81. The van der Waals surface area contributed by atoms with E-state index in [2.05, 4.69) is 21.2 Å². The zero-order valence-corrected chi connectivity index (χ0v) is 11.8. The molecule has 100 valence electrons. The molecule has 2 rings (SSSR count). The van der Waals surface area contributed by atoms with Crippen molar-refractivity contribution in [3.8, 4) is 0 Å². The van der Waals surface area contributed by atoms with Crippen LogP contribution in [0.3, 0.4) is 0 Å². The Balaban J connectivity index is 2.21. The summed E-state index contributed by atoms with van der Waals surface area (Å²) < 4.78 is 40.2. The average Bonchev–Trinajstić information content (AvgIpc) is 2.36. The molecule has 1 nitrogen and oxygen atoms in total. The first kappa shape index (κ1) is 14.2. The number of anilines is 1. The van der Waals surface area contributed by atoms with Crippen LogP contribution in [0.5, 0.6) is 0 Å². The summed E-state index contributed by atoms with van der Waals surface area (Å²) in [7, 11) is 0. The van der Waals surface area contributed by atoms with Crippen molar-refractivity contribution < 1.29 is 13.2 Å². The lowest BCUT2D eigenvalue weighted by Crippen LogP contribution is -2.05. The van der Waals surface area contributed by atoms with Gasteiger partial charge in [-0.2, -0.15) is 0 Å². The van der Waals surface area contributed by atoms with Crippen molar-refractivity contribution in [2.75, 3.05) is 5.32 Å². The summed E-state index contributed by atoms with van der Waals surface area (Å²) in [5.41, 5.74) is 0.289. The number of hydrogen-bond donors (Lipinski definition) is 1. The fourth-order valence-electron chi connectivity index (χ4n) is 1.55. The number of rotatable bonds is 3. The topological polar surface area (TPSA) is 12.0 Å². The quantitative estimate of drug-likeness (QED) is 0.757. The molecule has 2 aromatic rings. The molecule has 0 amide bonds. The number of hydrogen-bond acceptors (Lipinski definition) is 1. The molecular formula is C13H8BrClF3N. The molecule has 0 unspecified atom stereocenters. The van der Waals surface area contributed by atoms with Gasteiger partial charge in [0.25, 0.3) is 0 Å². The zero-order valence-electron chi connectivity index (χ0n) is 9.48. The van der Waals surface area contributed by atoms with Crippen molar-refractivity contribution in [1.29, 1.82) is 0 Å². The van der Waals surface area contributed by atoms with Gasteiger partial charge in [-0.05, 0) is 46.3 Å². The number of nitrogens with one attached hydrogen (secondary N) is 1. The fourth-order valence-corrected chi connectivity index (χ4v) is 2.15. The van der Waals surface area contributed by atoms with Gasteiger partial charge >= 0.3 is 0 Å². The van der Waals surface area contributed by atoms with E-state index in [1.807, 2.05) is 0 Å². The third kappa shape index (κ3) is 3.22. The second-order valence-corrected chi connectivity index (χ2v) is 5.06. The first-order chi connectivity index (χ1) is 8.99. The van der Waals surface area contributed by atoms with Crippen LogP contribution in [0.15, 0.2) is 34.8 Å². The van der Waals surface area contributed by atoms with Crippen molar-refractivity contribution in [2.24, 2.45) is 0 Å². The standard InChI is InChI=1S/C13H8BrClF3N/c14-9-2-3-11(17)8(13(9)18)6-19-12-4-1-7(16)5-10(12)15/h1-5,19H,6H2. The maximum Gasteiger partial charge on any atom is 0.145 e. The monoisotopic (exact) mass is 349 g/mol. The summed E-state index contributed by atoms with van der Waals surface area (Å²) in [4.78, 5) is 0. The minimum absolute atomic E-state index is 0.0948. The molecule has 0 saturated heterocycles. The maximum absolute atomic E-state index is 13.7. The SMILES string of the molecule is Fc1ccc(NCc2c(F)ccc(Br)c2F)c(Cl)c1. The minimum Gasteiger partial charge on any atom is -0.380 e. The van der Waals surface area contributed by atoms with Gasteiger partial charge in [0.15, 0.2) is 0 Å². The smallest absolute Gasteiger partial charge is 0.145 e. The minimum atomic E-state index is -0.675. The lowest BCUT2D eigenvalue weighted by molar-refractivity contribution is 0.555. The van der Waals surface area contributed by atoms with Crippen LogP contribution in [0.1, 0.15) is 5.56 Å². The molecule has 0 saturated carbocycles. The summed E-state index contributed by atoms with van der Waals surface area (Å²) in [5, 5.41) is 2.91. The Morgan fingerprint density at radius 1 is 1.11 bits per heavy atom. The van der Waals surface area contributed by atoms with Crippen LogP contribution in [0.2, 0.25) is 5.02 Å². The van der Waals surface area contributed by atoms with Crippen molar-refractivity contribution in [3.63, 3.8) is 0 Å². The van der Waals surface area contributed by atoms with Gasteiger partial charge in [0.05, 0.1) is 15.2 Å². The Hall–Kier alpha value is -1.20. The van der Waals surface area contributed by atoms with Gasteiger partial charge < -0.3 is 5.32 Å². The second-order valence-electron chi connectivity index (χ2n) is 3.80. The third-order valence-electron chi connectivity index (χ3n) is 2.53. The molecule has 0 bridgehead atoms. The van der Waals surface area contributed by atoms with Crippen LogP contribution in [0.25, 0.3) is 0 Å². The second kappa shape index (κ2) is 5.84. The maximum atomic E-state index is 13.7.